The van der Waals surface area contributed by atoms with Gasteiger partial charge in [0, 0.05) is 0 Å². The Labute approximate surface area is 102 Å². The van der Waals surface area contributed by atoms with Gasteiger partial charge in [-0.05, 0) is 26.8 Å². The van der Waals surface area contributed by atoms with Crippen molar-refractivity contribution < 1.29 is 9.53 Å². The quantitative estimate of drug-likeness (QED) is 0.819. The highest BCUT2D eigenvalue weighted by atomic mass is 35.5. The molecular weight excluding hydrogens is 257 g/mol. The second-order valence-electron chi connectivity index (χ2n) is 3.86. The molecule has 1 aromatic heterocycles. The van der Waals surface area contributed by atoms with E-state index in [-0.39, 0.29) is 0 Å². The molecule has 0 aliphatic carbocycles. The first-order chi connectivity index (χ1) is 6.78. The van der Waals surface area contributed by atoms with Crippen molar-refractivity contribution in [3.63, 3.8) is 0 Å². The van der Waals surface area contributed by atoms with Crippen LogP contribution < -0.4 is 5.32 Å². The molecule has 0 spiro atoms. The minimum atomic E-state index is -0.543. The highest BCUT2D eigenvalue weighted by molar-refractivity contribution is 7.20. The van der Waals surface area contributed by atoms with Crippen LogP contribution in [0.2, 0.25) is 8.67 Å². The van der Waals surface area contributed by atoms with Crippen LogP contribution in [-0.4, -0.2) is 11.7 Å². The molecule has 0 bridgehead atoms. The first-order valence-electron chi connectivity index (χ1n) is 4.23. The summed E-state index contributed by atoms with van der Waals surface area (Å²) in [5.74, 6) is 0. The summed E-state index contributed by atoms with van der Waals surface area (Å²) >= 11 is 12.7. The molecule has 0 aliphatic rings. The van der Waals surface area contributed by atoms with Crippen molar-refractivity contribution in [2.45, 2.75) is 26.4 Å². The van der Waals surface area contributed by atoms with Crippen LogP contribution in [0.5, 0.6) is 0 Å². The summed E-state index contributed by atoms with van der Waals surface area (Å²) < 4.78 is 6.01. The molecule has 1 amide bonds. The first kappa shape index (κ1) is 12.6. The maximum Gasteiger partial charge on any atom is 0.412 e. The number of nitrogens with one attached hydrogen (secondary N) is 1. The minimum absolute atomic E-state index is 0.436. The Morgan fingerprint density at radius 1 is 1.47 bits per heavy atom. The highest BCUT2D eigenvalue weighted by Crippen LogP contribution is 2.35. The van der Waals surface area contributed by atoms with Crippen molar-refractivity contribution in [2.75, 3.05) is 5.32 Å². The number of carbonyl (C=O) groups is 1. The molecule has 3 nitrogen and oxygen atoms in total. The zero-order chi connectivity index (χ0) is 11.6. The van der Waals surface area contributed by atoms with E-state index in [1.54, 1.807) is 26.8 Å². The molecule has 1 aromatic rings. The Morgan fingerprint density at radius 2 is 2.07 bits per heavy atom. The van der Waals surface area contributed by atoms with E-state index in [4.69, 9.17) is 27.9 Å². The maximum atomic E-state index is 11.4. The van der Waals surface area contributed by atoms with Crippen LogP contribution in [0.25, 0.3) is 0 Å². The predicted molar refractivity (Wildman–Crippen MR) is 64.2 cm³/mol. The Bertz CT molecular complexity index is 371. The summed E-state index contributed by atoms with van der Waals surface area (Å²) in [6.45, 7) is 5.36. The Balaban J connectivity index is 2.63. The lowest BCUT2D eigenvalue weighted by atomic mass is 10.2. The van der Waals surface area contributed by atoms with Crippen LogP contribution in [0.15, 0.2) is 6.07 Å². The van der Waals surface area contributed by atoms with Gasteiger partial charge in [0.25, 0.3) is 0 Å². The van der Waals surface area contributed by atoms with Gasteiger partial charge in [-0.25, -0.2) is 4.79 Å². The maximum absolute atomic E-state index is 11.4. The van der Waals surface area contributed by atoms with Gasteiger partial charge >= 0.3 is 6.09 Å². The SMILES string of the molecule is CC(C)(C)OC(=O)Nc1cc(Cl)sc1Cl. The third kappa shape index (κ3) is 4.28. The summed E-state index contributed by atoms with van der Waals surface area (Å²) in [5.41, 5.74) is -0.0583. The van der Waals surface area contributed by atoms with E-state index in [2.05, 4.69) is 5.32 Å². The van der Waals surface area contributed by atoms with E-state index < -0.39 is 11.7 Å². The zero-order valence-corrected chi connectivity index (χ0v) is 10.9. The number of hydrogen-bond donors (Lipinski definition) is 1. The van der Waals surface area contributed by atoms with Crippen molar-refractivity contribution in [1.82, 2.24) is 0 Å². The van der Waals surface area contributed by atoms with Crippen molar-refractivity contribution in [2.24, 2.45) is 0 Å². The van der Waals surface area contributed by atoms with Gasteiger partial charge in [0.15, 0.2) is 0 Å². The molecule has 0 atom stereocenters. The number of halogens is 2. The van der Waals surface area contributed by atoms with E-state index in [1.807, 2.05) is 0 Å². The van der Waals surface area contributed by atoms with Crippen LogP contribution in [0.3, 0.4) is 0 Å². The van der Waals surface area contributed by atoms with Gasteiger partial charge in [-0.3, -0.25) is 5.32 Å². The summed E-state index contributed by atoms with van der Waals surface area (Å²) in [7, 11) is 0. The van der Waals surface area contributed by atoms with Crippen LogP contribution in [-0.2, 0) is 4.74 Å². The standard InChI is InChI=1S/C9H11Cl2NO2S/c1-9(2,3)14-8(13)12-5-4-6(10)15-7(5)11/h4H,1-3H3,(H,12,13). The summed E-state index contributed by atoms with van der Waals surface area (Å²) in [6, 6.07) is 1.58. The molecule has 1 heterocycles. The zero-order valence-electron chi connectivity index (χ0n) is 8.56. The van der Waals surface area contributed by atoms with Crippen molar-refractivity contribution in [3.8, 4) is 0 Å². The smallest absolute Gasteiger partial charge is 0.412 e. The molecule has 0 saturated carbocycles. The topological polar surface area (TPSA) is 38.3 Å². The molecule has 0 saturated heterocycles. The van der Waals surface area contributed by atoms with Crippen molar-refractivity contribution >= 4 is 46.3 Å². The lowest BCUT2D eigenvalue weighted by Gasteiger charge is -2.19. The largest absolute Gasteiger partial charge is 0.444 e. The second kappa shape index (κ2) is 4.60. The van der Waals surface area contributed by atoms with E-state index in [1.165, 1.54) is 11.3 Å². The average molecular weight is 268 g/mol. The van der Waals surface area contributed by atoms with Gasteiger partial charge in [0.2, 0.25) is 0 Å². The van der Waals surface area contributed by atoms with Gasteiger partial charge in [-0.2, -0.15) is 0 Å². The molecule has 6 heteroatoms. The normalized spacial score (nSPS) is 11.3. The highest BCUT2D eigenvalue weighted by Gasteiger charge is 2.17. The van der Waals surface area contributed by atoms with E-state index in [0.29, 0.717) is 14.4 Å². The van der Waals surface area contributed by atoms with E-state index in [0.717, 1.165) is 0 Å². The summed E-state index contributed by atoms with van der Waals surface area (Å²) in [5, 5.41) is 2.52. The van der Waals surface area contributed by atoms with Gasteiger partial charge in [0.1, 0.15) is 9.94 Å². The van der Waals surface area contributed by atoms with Crippen LogP contribution in [0.4, 0.5) is 10.5 Å². The van der Waals surface area contributed by atoms with E-state index >= 15 is 0 Å². The lowest BCUT2D eigenvalue weighted by molar-refractivity contribution is 0.0636. The molecule has 0 fully saturated rings. The van der Waals surface area contributed by atoms with Gasteiger partial charge in [-0.15, -0.1) is 11.3 Å². The Morgan fingerprint density at radius 3 is 2.47 bits per heavy atom. The molecule has 0 aliphatic heterocycles. The summed E-state index contributed by atoms with van der Waals surface area (Å²) in [4.78, 5) is 11.4. The van der Waals surface area contributed by atoms with Crippen LogP contribution in [0.1, 0.15) is 20.8 Å². The fourth-order valence-electron chi connectivity index (χ4n) is 0.839. The van der Waals surface area contributed by atoms with Gasteiger partial charge < -0.3 is 4.74 Å². The number of anilines is 1. The Kier molecular flexibility index (Phi) is 3.87. The average Bonchev–Trinajstić information content (AvgIpc) is 2.25. The van der Waals surface area contributed by atoms with Gasteiger partial charge in [0.05, 0.1) is 10.0 Å². The minimum Gasteiger partial charge on any atom is -0.444 e. The molecule has 0 radical (unpaired) electrons. The lowest BCUT2D eigenvalue weighted by Crippen LogP contribution is -2.27. The molecule has 84 valence electrons. The van der Waals surface area contributed by atoms with Gasteiger partial charge in [-0.1, -0.05) is 23.2 Å². The molecule has 0 aromatic carbocycles. The van der Waals surface area contributed by atoms with Crippen LogP contribution >= 0.6 is 34.5 Å². The molecule has 1 N–H and O–H groups in total. The molecule has 1 rings (SSSR count). The number of carbonyl (C=O) groups excluding carboxylic acids is 1. The summed E-state index contributed by atoms with van der Waals surface area (Å²) in [6.07, 6.45) is -0.543. The van der Waals surface area contributed by atoms with Crippen molar-refractivity contribution in [3.05, 3.63) is 14.7 Å². The van der Waals surface area contributed by atoms with Crippen LogP contribution in [0, 0.1) is 0 Å². The molecular formula is C9H11Cl2NO2S. The first-order valence-corrected chi connectivity index (χ1v) is 5.80. The third-order valence-electron chi connectivity index (χ3n) is 1.29. The second-order valence-corrected chi connectivity index (χ2v) is 6.15. The monoisotopic (exact) mass is 267 g/mol. The van der Waals surface area contributed by atoms with Crippen molar-refractivity contribution in [1.29, 1.82) is 0 Å². The fraction of sp³-hybridized carbons (Fsp3) is 0.444. The third-order valence-corrected chi connectivity index (χ3v) is 2.78. The fourth-order valence-corrected chi connectivity index (χ4v) is 2.22. The number of rotatable bonds is 1. The number of thiophene rings is 1. The number of amides is 1. The number of ether oxygens (including phenoxy) is 1. The molecule has 0 unspecified atom stereocenters. The predicted octanol–water partition coefficient (Wildman–Crippen LogP) is 4.40. The number of hydrogen-bond acceptors (Lipinski definition) is 3. The molecule has 15 heavy (non-hydrogen) atoms. The Hall–Kier alpha value is -0.450. The van der Waals surface area contributed by atoms with E-state index in [9.17, 15) is 4.79 Å².